The molecule has 1 saturated carbocycles. The Bertz CT molecular complexity index is 373. The Labute approximate surface area is 151 Å². The molecule has 0 aromatic rings. The van der Waals surface area contributed by atoms with Gasteiger partial charge in [0.15, 0.2) is 5.96 Å². The first-order valence-corrected chi connectivity index (χ1v) is 7.98. The molecule has 0 heterocycles. The maximum Gasteiger partial charge on any atom is 0.220 e. The van der Waals surface area contributed by atoms with Crippen molar-refractivity contribution in [3.63, 3.8) is 0 Å². The van der Waals surface area contributed by atoms with Crippen molar-refractivity contribution in [2.75, 3.05) is 26.2 Å². The van der Waals surface area contributed by atoms with Gasteiger partial charge < -0.3 is 16.0 Å². The molecule has 0 unspecified atom stereocenters. The van der Waals surface area contributed by atoms with Gasteiger partial charge in [0.2, 0.25) is 5.91 Å². The van der Waals surface area contributed by atoms with Crippen LogP contribution in [0, 0.1) is 18.3 Å². The Morgan fingerprint density at radius 2 is 1.95 bits per heavy atom. The van der Waals surface area contributed by atoms with Crippen LogP contribution in [-0.2, 0) is 4.79 Å². The molecule has 0 bridgehead atoms. The standard InChI is InChI=1S/C16H28N4O.HI/c1-3-10-19-16(17-4-2)20-12-11-18-15(21)13-14-8-6-5-7-9-14;/h1,14H,4-13H2,2H3,(H,18,21)(H2,17,19,20);1H. The van der Waals surface area contributed by atoms with Crippen LogP contribution in [0.3, 0.4) is 0 Å². The highest BCUT2D eigenvalue weighted by Gasteiger charge is 2.16. The molecule has 1 fully saturated rings. The fourth-order valence-corrected chi connectivity index (χ4v) is 2.57. The number of carbonyl (C=O) groups excluding carboxylic acids is 1. The molecule has 0 atom stereocenters. The zero-order valence-corrected chi connectivity index (χ0v) is 15.8. The largest absolute Gasteiger partial charge is 0.357 e. The summed E-state index contributed by atoms with van der Waals surface area (Å²) in [6.07, 6.45) is 12.1. The number of terminal acetylenes is 1. The lowest BCUT2D eigenvalue weighted by Gasteiger charge is -2.20. The van der Waals surface area contributed by atoms with Crippen molar-refractivity contribution in [1.29, 1.82) is 0 Å². The van der Waals surface area contributed by atoms with Gasteiger partial charge in [0, 0.05) is 19.5 Å². The summed E-state index contributed by atoms with van der Waals surface area (Å²) in [6, 6.07) is 0. The van der Waals surface area contributed by atoms with Crippen LogP contribution in [0.25, 0.3) is 0 Å². The van der Waals surface area contributed by atoms with Crippen LogP contribution >= 0.6 is 24.0 Å². The Morgan fingerprint density at radius 3 is 2.59 bits per heavy atom. The molecular formula is C16H29IN4O. The molecule has 6 heteroatoms. The van der Waals surface area contributed by atoms with Gasteiger partial charge in [-0.25, -0.2) is 0 Å². The minimum absolute atomic E-state index is 0. The van der Waals surface area contributed by atoms with E-state index in [4.69, 9.17) is 6.42 Å². The molecule has 1 rings (SSSR count). The van der Waals surface area contributed by atoms with Gasteiger partial charge >= 0.3 is 0 Å². The van der Waals surface area contributed by atoms with Gasteiger partial charge in [0.05, 0.1) is 13.1 Å². The maximum atomic E-state index is 11.8. The summed E-state index contributed by atoms with van der Waals surface area (Å²) < 4.78 is 0. The minimum atomic E-state index is 0. The molecule has 0 aromatic carbocycles. The lowest BCUT2D eigenvalue weighted by atomic mass is 9.87. The number of hydrogen-bond acceptors (Lipinski definition) is 2. The highest BCUT2D eigenvalue weighted by atomic mass is 127. The fraction of sp³-hybridized carbons (Fsp3) is 0.750. The lowest BCUT2D eigenvalue weighted by molar-refractivity contribution is -0.122. The van der Waals surface area contributed by atoms with Crippen molar-refractivity contribution in [1.82, 2.24) is 16.0 Å². The summed E-state index contributed by atoms with van der Waals surface area (Å²) in [6.45, 7) is 4.35. The first-order chi connectivity index (χ1) is 10.3. The van der Waals surface area contributed by atoms with Gasteiger partial charge in [-0.1, -0.05) is 25.2 Å². The summed E-state index contributed by atoms with van der Waals surface area (Å²) in [5.74, 6) is 3.93. The second-order valence-electron chi connectivity index (χ2n) is 5.38. The van der Waals surface area contributed by atoms with E-state index in [-0.39, 0.29) is 29.9 Å². The average molecular weight is 420 g/mol. The summed E-state index contributed by atoms with van der Waals surface area (Å²) in [5, 5.41) is 9.06. The van der Waals surface area contributed by atoms with E-state index >= 15 is 0 Å². The number of aliphatic imine (C=N–C) groups is 1. The van der Waals surface area contributed by atoms with Gasteiger partial charge in [-0.15, -0.1) is 30.4 Å². The number of amides is 1. The van der Waals surface area contributed by atoms with Crippen LogP contribution in [0.1, 0.15) is 45.4 Å². The minimum Gasteiger partial charge on any atom is -0.357 e. The van der Waals surface area contributed by atoms with E-state index in [1.807, 2.05) is 6.92 Å². The van der Waals surface area contributed by atoms with Gasteiger partial charge in [0.25, 0.3) is 0 Å². The van der Waals surface area contributed by atoms with Crippen LogP contribution < -0.4 is 16.0 Å². The molecule has 126 valence electrons. The van der Waals surface area contributed by atoms with Crippen molar-refractivity contribution < 1.29 is 4.79 Å². The predicted octanol–water partition coefficient (Wildman–Crippen LogP) is 1.88. The molecule has 0 saturated heterocycles. The maximum absolute atomic E-state index is 11.8. The number of hydrogen-bond donors (Lipinski definition) is 3. The highest BCUT2D eigenvalue weighted by molar-refractivity contribution is 14.0. The van der Waals surface area contributed by atoms with E-state index in [0.717, 1.165) is 6.54 Å². The summed E-state index contributed by atoms with van der Waals surface area (Å²) in [7, 11) is 0. The van der Waals surface area contributed by atoms with E-state index in [1.54, 1.807) is 0 Å². The molecule has 1 aliphatic carbocycles. The third-order valence-electron chi connectivity index (χ3n) is 3.60. The number of guanidine groups is 1. The SMILES string of the molecule is C#CCNC(=NCCNC(=O)CC1CCCCC1)NCC.I. The Morgan fingerprint density at radius 1 is 1.23 bits per heavy atom. The molecule has 0 aromatic heterocycles. The zero-order chi connectivity index (χ0) is 15.3. The third kappa shape index (κ3) is 9.87. The van der Waals surface area contributed by atoms with Crippen LogP contribution in [0.15, 0.2) is 4.99 Å². The van der Waals surface area contributed by atoms with Crippen LogP contribution in [0.2, 0.25) is 0 Å². The summed E-state index contributed by atoms with van der Waals surface area (Å²) >= 11 is 0. The Hall–Kier alpha value is -0.970. The van der Waals surface area contributed by atoms with Crippen LogP contribution in [-0.4, -0.2) is 38.0 Å². The van der Waals surface area contributed by atoms with E-state index in [9.17, 15) is 4.79 Å². The van der Waals surface area contributed by atoms with E-state index in [0.29, 0.717) is 37.9 Å². The number of nitrogens with one attached hydrogen (secondary N) is 3. The molecule has 0 aliphatic heterocycles. The summed E-state index contributed by atoms with van der Waals surface area (Å²) in [4.78, 5) is 16.2. The molecule has 3 N–H and O–H groups in total. The van der Waals surface area contributed by atoms with Crippen molar-refractivity contribution >= 4 is 35.8 Å². The van der Waals surface area contributed by atoms with E-state index in [1.165, 1.54) is 32.1 Å². The van der Waals surface area contributed by atoms with Gasteiger partial charge in [0.1, 0.15) is 0 Å². The van der Waals surface area contributed by atoms with Crippen molar-refractivity contribution in [2.24, 2.45) is 10.9 Å². The Balaban J connectivity index is 0.00000441. The molecule has 5 nitrogen and oxygen atoms in total. The lowest BCUT2D eigenvalue weighted by Crippen LogP contribution is -2.38. The molecule has 1 aliphatic rings. The quantitative estimate of drug-likeness (QED) is 0.194. The highest BCUT2D eigenvalue weighted by Crippen LogP contribution is 2.25. The number of rotatable bonds is 7. The van der Waals surface area contributed by atoms with Crippen molar-refractivity contribution in [3.05, 3.63) is 0 Å². The topological polar surface area (TPSA) is 65.5 Å². The molecular weight excluding hydrogens is 391 g/mol. The number of nitrogens with zero attached hydrogens (tertiary/aromatic N) is 1. The Kier molecular flexibility index (Phi) is 13.1. The van der Waals surface area contributed by atoms with E-state index in [2.05, 4.69) is 26.9 Å². The number of halogens is 1. The van der Waals surface area contributed by atoms with Crippen molar-refractivity contribution in [2.45, 2.75) is 45.4 Å². The van der Waals surface area contributed by atoms with Crippen molar-refractivity contribution in [3.8, 4) is 12.3 Å². The normalized spacial score (nSPS) is 15.4. The summed E-state index contributed by atoms with van der Waals surface area (Å²) in [5.41, 5.74) is 0. The van der Waals surface area contributed by atoms with Crippen LogP contribution in [0.5, 0.6) is 0 Å². The average Bonchev–Trinajstić information content (AvgIpc) is 2.50. The first-order valence-electron chi connectivity index (χ1n) is 7.98. The third-order valence-corrected chi connectivity index (χ3v) is 3.60. The molecule has 1 amide bonds. The first kappa shape index (κ1) is 21.0. The monoisotopic (exact) mass is 420 g/mol. The molecule has 0 spiro atoms. The zero-order valence-electron chi connectivity index (χ0n) is 13.5. The second kappa shape index (κ2) is 13.7. The van der Waals surface area contributed by atoms with Gasteiger partial charge in [-0.05, 0) is 25.7 Å². The van der Waals surface area contributed by atoms with E-state index < -0.39 is 0 Å². The smallest absolute Gasteiger partial charge is 0.220 e. The van der Waals surface area contributed by atoms with Crippen LogP contribution in [0.4, 0.5) is 0 Å². The second-order valence-corrected chi connectivity index (χ2v) is 5.38. The molecule has 22 heavy (non-hydrogen) atoms. The van der Waals surface area contributed by atoms with Gasteiger partial charge in [-0.2, -0.15) is 0 Å². The fourth-order valence-electron chi connectivity index (χ4n) is 2.57. The predicted molar refractivity (Wildman–Crippen MR) is 102 cm³/mol. The number of carbonyl (C=O) groups is 1. The molecule has 0 radical (unpaired) electrons. The van der Waals surface area contributed by atoms with Gasteiger partial charge in [-0.3, -0.25) is 9.79 Å².